The first kappa shape index (κ1) is 34.5. The van der Waals surface area contributed by atoms with Crippen LogP contribution in [0.4, 0.5) is 13.2 Å². The largest absolute Gasteiger partial charge is 0.465 e. The quantitative estimate of drug-likeness (QED) is 0.0948. The molecule has 2 heterocycles. The van der Waals surface area contributed by atoms with E-state index in [1.54, 1.807) is 18.2 Å². The first-order valence-corrected chi connectivity index (χ1v) is 18.3. The number of benzene rings is 6. The van der Waals surface area contributed by atoms with Crippen LogP contribution in [0.25, 0.3) is 54.2 Å². The number of nitriles is 1. The van der Waals surface area contributed by atoms with Gasteiger partial charge in [-0.2, -0.15) is 18.4 Å². The van der Waals surface area contributed by atoms with Gasteiger partial charge in [-0.25, -0.2) is 9.59 Å². The number of rotatable bonds is 6. The molecule has 0 bridgehead atoms. The highest BCUT2D eigenvalue weighted by Gasteiger charge is 2.38. The molecule has 2 aliphatic heterocycles. The Balaban J connectivity index is 1.30. The van der Waals surface area contributed by atoms with Crippen molar-refractivity contribution in [3.8, 4) is 17.2 Å². The monoisotopic (exact) mass is 733 g/mol. The Labute approximate surface area is 305 Å². The molecule has 0 aromatic heterocycles. The van der Waals surface area contributed by atoms with Crippen LogP contribution in [0.3, 0.4) is 0 Å². The van der Waals surface area contributed by atoms with E-state index in [1.807, 2.05) is 36.4 Å². The van der Waals surface area contributed by atoms with Gasteiger partial charge in [0.2, 0.25) is 0 Å². The van der Waals surface area contributed by atoms with Gasteiger partial charge in [-0.15, -0.1) is 11.8 Å². The number of ether oxygens (including phenoxy) is 3. The summed E-state index contributed by atoms with van der Waals surface area (Å²) in [7, 11) is 0. The smallest absolute Gasteiger partial charge is 0.417 e. The number of fused-ring (bicyclic) bond motifs is 4. The summed E-state index contributed by atoms with van der Waals surface area (Å²) in [6.07, 6.45) is -3.71. The number of cyclic esters (lactones) is 2. The van der Waals surface area contributed by atoms with Crippen LogP contribution in [0.5, 0.6) is 0 Å². The molecule has 2 unspecified atom stereocenters. The van der Waals surface area contributed by atoms with E-state index in [0.717, 1.165) is 28.1 Å². The number of esters is 3. The lowest BCUT2D eigenvalue weighted by Gasteiger charge is -2.23. The maximum Gasteiger partial charge on any atom is 0.417 e. The number of nitrogens with zero attached hydrogens (tertiary/aromatic N) is 1. The third-order valence-corrected chi connectivity index (χ3v) is 11.3. The first-order valence-electron chi connectivity index (χ1n) is 17.2. The van der Waals surface area contributed by atoms with E-state index in [0.29, 0.717) is 47.3 Å². The second kappa shape index (κ2) is 13.7. The highest BCUT2D eigenvalue weighted by Crippen LogP contribution is 2.45. The van der Waals surface area contributed by atoms with E-state index in [1.165, 1.54) is 42.1 Å². The molecule has 2 aliphatic rings. The van der Waals surface area contributed by atoms with Crippen molar-refractivity contribution in [1.82, 2.24) is 0 Å². The van der Waals surface area contributed by atoms with Gasteiger partial charge in [-0.1, -0.05) is 72.8 Å². The SMILES string of the molecule is N#Cc1c2ccccc2c(CSC2CCCOC2=O)c2ccc(-c3ccc4c(C(=O)OC5CCCOC5=O)c5ccccc5c(C(F)(F)F)c4c3)cc12. The molecule has 6 aromatic rings. The molecule has 8 rings (SSSR count). The van der Waals surface area contributed by atoms with Crippen LogP contribution in [0.15, 0.2) is 84.9 Å². The third kappa shape index (κ3) is 6.21. The van der Waals surface area contributed by atoms with Gasteiger partial charge in [0.25, 0.3) is 0 Å². The van der Waals surface area contributed by atoms with Gasteiger partial charge in [-0.05, 0) is 86.8 Å². The Bertz CT molecular complexity index is 2540. The average Bonchev–Trinajstić information content (AvgIpc) is 3.16. The fourth-order valence-electron chi connectivity index (χ4n) is 7.54. The summed E-state index contributed by atoms with van der Waals surface area (Å²) in [4.78, 5) is 38.6. The highest BCUT2D eigenvalue weighted by molar-refractivity contribution is 7.99. The zero-order valence-corrected chi connectivity index (χ0v) is 28.9. The summed E-state index contributed by atoms with van der Waals surface area (Å²) in [6.45, 7) is 0.624. The molecular formula is C42H30F3NO6S. The predicted octanol–water partition coefficient (Wildman–Crippen LogP) is 9.66. The minimum atomic E-state index is -4.79. The number of hydrogen-bond donors (Lipinski definition) is 0. The molecule has 0 N–H and O–H groups in total. The number of hydrogen-bond acceptors (Lipinski definition) is 8. The molecule has 6 aromatic carbocycles. The van der Waals surface area contributed by atoms with Crippen LogP contribution < -0.4 is 0 Å². The van der Waals surface area contributed by atoms with Gasteiger partial charge in [0.1, 0.15) is 11.3 Å². The second-order valence-corrected chi connectivity index (χ2v) is 14.3. The summed E-state index contributed by atoms with van der Waals surface area (Å²) in [5, 5.41) is 12.9. The fraction of sp³-hybridized carbons (Fsp3) is 0.238. The van der Waals surface area contributed by atoms with Crippen LogP contribution in [0.2, 0.25) is 0 Å². The summed E-state index contributed by atoms with van der Waals surface area (Å²) < 4.78 is 61.0. The number of thioether (sulfide) groups is 1. The highest BCUT2D eigenvalue weighted by atomic mass is 32.2. The maximum absolute atomic E-state index is 15.0. The number of carbonyl (C=O) groups is 3. The number of carbonyl (C=O) groups excluding carboxylic acids is 3. The van der Waals surface area contributed by atoms with E-state index < -0.39 is 29.8 Å². The van der Waals surface area contributed by atoms with Crippen molar-refractivity contribution >= 4 is 72.8 Å². The Morgan fingerprint density at radius 2 is 1.34 bits per heavy atom. The molecule has 2 fully saturated rings. The molecule has 0 amide bonds. The van der Waals surface area contributed by atoms with Gasteiger partial charge in [0.15, 0.2) is 6.10 Å². The molecule has 53 heavy (non-hydrogen) atoms. The first-order chi connectivity index (χ1) is 25.6. The van der Waals surface area contributed by atoms with Crippen LogP contribution in [0, 0.1) is 11.3 Å². The standard InChI is InChI=1S/C42H30F3NO6S/c43-42(44,45)38-30-10-4-3-9-28(30)37(41(49)52-35-11-5-17-50-39(35)47)29-16-14-24(20-32(29)38)23-13-15-27-31(19-23)33(21-46)25-7-1-2-8-26(25)34(27)22-53-36-12-6-18-51-40(36)48/h1-4,7-10,13-16,19-20,35-36H,5-6,11-12,17-18,22H2. The average molecular weight is 734 g/mol. The molecule has 11 heteroatoms. The predicted molar refractivity (Wildman–Crippen MR) is 196 cm³/mol. The molecular weight excluding hydrogens is 704 g/mol. The summed E-state index contributed by atoms with van der Waals surface area (Å²) in [5.41, 5.74) is 1.40. The molecule has 0 aliphatic carbocycles. The molecule has 2 saturated heterocycles. The Kier molecular flexibility index (Phi) is 8.95. The van der Waals surface area contributed by atoms with E-state index >= 15 is 13.2 Å². The summed E-state index contributed by atoms with van der Waals surface area (Å²) in [6, 6.07) is 25.7. The second-order valence-electron chi connectivity index (χ2n) is 13.1. The van der Waals surface area contributed by atoms with Crippen molar-refractivity contribution < 1.29 is 41.8 Å². The Morgan fingerprint density at radius 3 is 2.02 bits per heavy atom. The van der Waals surface area contributed by atoms with Crippen molar-refractivity contribution in [3.05, 3.63) is 107 Å². The lowest BCUT2D eigenvalue weighted by atomic mass is 9.88. The minimum Gasteiger partial charge on any atom is -0.465 e. The van der Waals surface area contributed by atoms with Crippen molar-refractivity contribution in [2.75, 3.05) is 13.2 Å². The molecule has 0 radical (unpaired) electrons. The molecule has 0 saturated carbocycles. The molecule has 266 valence electrons. The molecule has 0 spiro atoms. The zero-order chi connectivity index (χ0) is 36.9. The number of alkyl halides is 3. The van der Waals surface area contributed by atoms with Crippen LogP contribution >= 0.6 is 11.8 Å². The third-order valence-electron chi connectivity index (χ3n) is 10.0. The Hall–Kier alpha value is -5.60. The van der Waals surface area contributed by atoms with Crippen molar-refractivity contribution in [2.45, 2.75) is 49.0 Å². The van der Waals surface area contributed by atoms with Gasteiger partial charge >= 0.3 is 24.1 Å². The lowest BCUT2D eigenvalue weighted by Crippen LogP contribution is -2.33. The van der Waals surface area contributed by atoms with E-state index in [4.69, 9.17) is 14.2 Å². The van der Waals surface area contributed by atoms with E-state index in [-0.39, 0.29) is 51.4 Å². The van der Waals surface area contributed by atoms with Crippen LogP contribution in [-0.4, -0.2) is 42.5 Å². The van der Waals surface area contributed by atoms with Crippen LogP contribution in [0.1, 0.15) is 52.7 Å². The molecule has 2 atom stereocenters. The summed E-state index contributed by atoms with van der Waals surface area (Å²) >= 11 is 1.50. The maximum atomic E-state index is 15.0. The van der Waals surface area contributed by atoms with E-state index in [2.05, 4.69) is 6.07 Å². The normalized spacial score (nSPS) is 17.8. The van der Waals surface area contributed by atoms with E-state index in [9.17, 15) is 19.6 Å². The van der Waals surface area contributed by atoms with Crippen molar-refractivity contribution in [3.63, 3.8) is 0 Å². The van der Waals surface area contributed by atoms with Gasteiger partial charge in [-0.3, -0.25) is 4.79 Å². The van der Waals surface area contributed by atoms with Gasteiger partial charge < -0.3 is 14.2 Å². The summed E-state index contributed by atoms with van der Waals surface area (Å²) in [5.74, 6) is -1.36. The minimum absolute atomic E-state index is 0.0269. The van der Waals surface area contributed by atoms with Gasteiger partial charge in [0.05, 0.1) is 29.9 Å². The topological polar surface area (TPSA) is 103 Å². The molecule has 7 nitrogen and oxygen atoms in total. The fourth-order valence-corrected chi connectivity index (χ4v) is 8.76. The lowest BCUT2D eigenvalue weighted by molar-refractivity contribution is -0.159. The van der Waals surface area contributed by atoms with Crippen molar-refractivity contribution in [2.24, 2.45) is 0 Å². The zero-order valence-electron chi connectivity index (χ0n) is 28.1. The van der Waals surface area contributed by atoms with Crippen molar-refractivity contribution in [1.29, 1.82) is 5.26 Å². The Morgan fingerprint density at radius 1 is 0.755 bits per heavy atom. The number of halogens is 3. The van der Waals surface area contributed by atoms with Gasteiger partial charge in [0, 0.05) is 16.5 Å². The van der Waals surface area contributed by atoms with Crippen LogP contribution in [-0.2, 0) is 35.7 Å².